The zero-order valence-corrected chi connectivity index (χ0v) is 38.6. The van der Waals surface area contributed by atoms with Crippen molar-refractivity contribution in [2.24, 2.45) is 0 Å². The van der Waals surface area contributed by atoms with Gasteiger partial charge in [-0.1, -0.05) is 179 Å². The molecule has 3 unspecified atom stereocenters. The van der Waals surface area contributed by atoms with E-state index in [1.165, 1.54) is 116 Å². The van der Waals surface area contributed by atoms with Crippen LogP contribution in [0.1, 0.15) is 219 Å². The summed E-state index contributed by atoms with van der Waals surface area (Å²) in [6.07, 6.45) is 47.0. The topological polar surface area (TPSA) is 149 Å². The van der Waals surface area contributed by atoms with Gasteiger partial charge in [-0.05, 0) is 64.2 Å². The van der Waals surface area contributed by atoms with Crippen LogP contribution in [-0.2, 0) is 32.7 Å². The quantitative estimate of drug-likeness (QED) is 0.0234. The van der Waals surface area contributed by atoms with Crippen molar-refractivity contribution in [1.29, 1.82) is 0 Å². The first-order valence-corrected chi connectivity index (χ1v) is 25.4. The summed E-state index contributed by atoms with van der Waals surface area (Å²) in [5, 5.41) is 19.2. The predicted molar refractivity (Wildman–Crippen MR) is 242 cm³/mol. The molecule has 0 heterocycles. The van der Waals surface area contributed by atoms with Gasteiger partial charge < -0.3 is 24.6 Å². The van der Waals surface area contributed by atoms with Crippen LogP contribution in [0.5, 0.6) is 0 Å². The summed E-state index contributed by atoms with van der Waals surface area (Å²) >= 11 is 0. The van der Waals surface area contributed by atoms with Gasteiger partial charge in [0.1, 0.15) is 12.2 Å². The molecular weight excluding hydrogens is 767 g/mol. The zero-order chi connectivity index (χ0) is 43.3. The molecule has 0 spiro atoms. The van der Waals surface area contributed by atoms with Crippen LogP contribution in [0.3, 0.4) is 0 Å². The number of phosphoric acid groups is 1. The highest BCUT2D eigenvalue weighted by Gasteiger charge is 2.27. The second kappa shape index (κ2) is 44.3. The summed E-state index contributed by atoms with van der Waals surface area (Å²) in [5.74, 6) is -1.03. The molecule has 0 amide bonds. The molecule has 346 valence electrons. The molecule has 3 N–H and O–H groups in total. The minimum absolute atomic E-state index is 0.176. The first-order valence-electron chi connectivity index (χ1n) is 23.9. The molecule has 0 aromatic heterocycles. The molecule has 10 nitrogen and oxygen atoms in total. The van der Waals surface area contributed by atoms with Crippen molar-refractivity contribution in [3.63, 3.8) is 0 Å². The van der Waals surface area contributed by atoms with Crippen molar-refractivity contribution in [1.82, 2.24) is 0 Å². The van der Waals surface area contributed by atoms with E-state index in [1.807, 2.05) is 0 Å². The number of allylic oxidation sites excluding steroid dienone is 6. The second-order valence-corrected chi connectivity index (χ2v) is 17.5. The van der Waals surface area contributed by atoms with Gasteiger partial charge in [0.15, 0.2) is 0 Å². The lowest BCUT2D eigenvalue weighted by atomic mass is 10.0. The second-order valence-electron chi connectivity index (χ2n) is 16.1. The third-order valence-electron chi connectivity index (χ3n) is 10.3. The molecule has 0 aromatic carbocycles. The molecule has 0 saturated heterocycles. The number of aliphatic hydroxyl groups is 2. The van der Waals surface area contributed by atoms with Crippen LogP contribution < -0.4 is 0 Å². The van der Waals surface area contributed by atoms with E-state index in [-0.39, 0.29) is 12.8 Å². The lowest BCUT2D eigenvalue weighted by Crippen LogP contribution is -2.28. The van der Waals surface area contributed by atoms with E-state index >= 15 is 0 Å². The number of carbonyl (C=O) groups excluding carboxylic acids is 2. The fraction of sp³-hybridized carbons (Fsp3) is 0.833. The number of rotatable bonds is 45. The Balaban J connectivity index is 3.83. The van der Waals surface area contributed by atoms with Crippen LogP contribution in [0, 0.1) is 0 Å². The van der Waals surface area contributed by atoms with Crippen molar-refractivity contribution in [3.05, 3.63) is 36.5 Å². The maximum atomic E-state index is 12.4. The van der Waals surface area contributed by atoms with E-state index in [0.717, 1.165) is 64.2 Å². The van der Waals surface area contributed by atoms with Gasteiger partial charge in [0, 0.05) is 12.8 Å². The number of aliphatic hydroxyl groups excluding tert-OH is 2. The van der Waals surface area contributed by atoms with Gasteiger partial charge in [-0.2, -0.15) is 0 Å². The van der Waals surface area contributed by atoms with Crippen LogP contribution in [0.15, 0.2) is 36.5 Å². The lowest BCUT2D eigenvalue weighted by Gasteiger charge is -2.20. The smallest absolute Gasteiger partial charge is 0.457 e. The van der Waals surface area contributed by atoms with Crippen molar-refractivity contribution in [2.75, 3.05) is 26.4 Å². The number of esters is 2. The molecule has 0 rings (SSSR count). The van der Waals surface area contributed by atoms with Gasteiger partial charge in [0.2, 0.25) is 0 Å². The standard InChI is InChI=1S/C48H89O10P/c1-3-5-7-9-11-13-15-17-18-19-20-21-22-23-24-25-26-28-30-32-34-36-38-40-48(52)58-46(42-50)44-56-59(53,54)55-43-45(41-49)57-47(51)39-37-35-33-31-29-27-16-14-12-10-8-6-4-2/h8,10,14,16,19-20,45-46,49-50H,3-7,9,11-13,15,17-18,21-44H2,1-2H3,(H,53,54)/b10-8-,16-14-,20-19-. The SMILES string of the molecule is CCC/C=C\C/C=C\CCCCCCCC(=O)OC(CO)COP(=O)(O)OCC(CO)OC(=O)CCCCCCCCCCCCC/C=C\CCCCCCCCCC. The largest absolute Gasteiger partial charge is 0.472 e. The number of unbranched alkanes of at least 4 members (excludes halogenated alkanes) is 25. The fourth-order valence-electron chi connectivity index (χ4n) is 6.62. The highest BCUT2D eigenvalue weighted by atomic mass is 31.2. The Morgan fingerprint density at radius 3 is 1.14 bits per heavy atom. The first kappa shape index (κ1) is 57.2. The third-order valence-corrected chi connectivity index (χ3v) is 11.3. The lowest BCUT2D eigenvalue weighted by molar-refractivity contribution is -0.153. The Kier molecular flexibility index (Phi) is 42.9. The van der Waals surface area contributed by atoms with Gasteiger partial charge in [-0.3, -0.25) is 18.6 Å². The Morgan fingerprint density at radius 2 is 0.780 bits per heavy atom. The van der Waals surface area contributed by atoms with Crippen LogP contribution in [-0.4, -0.2) is 65.7 Å². The molecule has 0 aliphatic carbocycles. The number of hydrogen-bond donors (Lipinski definition) is 3. The van der Waals surface area contributed by atoms with Gasteiger partial charge in [-0.25, -0.2) is 4.57 Å². The number of ether oxygens (including phenoxy) is 2. The molecule has 3 atom stereocenters. The average Bonchev–Trinajstić information content (AvgIpc) is 3.22. The summed E-state index contributed by atoms with van der Waals surface area (Å²) in [4.78, 5) is 34.6. The van der Waals surface area contributed by atoms with Gasteiger partial charge in [0.25, 0.3) is 0 Å². The summed E-state index contributed by atoms with van der Waals surface area (Å²) in [6.45, 7) is 2.14. The van der Waals surface area contributed by atoms with Crippen LogP contribution in [0.4, 0.5) is 0 Å². The van der Waals surface area contributed by atoms with E-state index in [0.29, 0.717) is 12.8 Å². The van der Waals surface area contributed by atoms with E-state index in [2.05, 4.69) is 50.3 Å². The summed E-state index contributed by atoms with van der Waals surface area (Å²) < 4.78 is 32.6. The summed E-state index contributed by atoms with van der Waals surface area (Å²) in [7, 11) is -4.64. The molecule has 0 aliphatic rings. The van der Waals surface area contributed by atoms with E-state index in [9.17, 15) is 29.3 Å². The maximum absolute atomic E-state index is 12.4. The van der Waals surface area contributed by atoms with Gasteiger partial charge in [0.05, 0.1) is 26.4 Å². The first-order chi connectivity index (χ1) is 28.8. The Bertz CT molecular complexity index is 1080. The number of hydrogen-bond acceptors (Lipinski definition) is 9. The average molecular weight is 857 g/mol. The molecule has 0 saturated carbocycles. The summed E-state index contributed by atoms with van der Waals surface area (Å²) in [6, 6.07) is 0. The molecule has 59 heavy (non-hydrogen) atoms. The molecule has 0 fully saturated rings. The maximum Gasteiger partial charge on any atom is 0.472 e. The normalized spacial score (nSPS) is 14.1. The van der Waals surface area contributed by atoms with Crippen LogP contribution in [0.25, 0.3) is 0 Å². The number of phosphoric ester groups is 1. The van der Waals surface area contributed by atoms with Gasteiger partial charge in [-0.15, -0.1) is 0 Å². The molecular formula is C48H89O10P. The number of carbonyl (C=O) groups is 2. The van der Waals surface area contributed by atoms with Crippen LogP contribution in [0.2, 0.25) is 0 Å². The van der Waals surface area contributed by atoms with E-state index in [4.69, 9.17) is 18.5 Å². The van der Waals surface area contributed by atoms with Crippen LogP contribution >= 0.6 is 7.82 Å². The molecule has 11 heteroatoms. The van der Waals surface area contributed by atoms with Crippen molar-refractivity contribution in [2.45, 2.75) is 232 Å². The minimum atomic E-state index is -4.64. The predicted octanol–water partition coefficient (Wildman–Crippen LogP) is 13.1. The zero-order valence-electron chi connectivity index (χ0n) is 37.7. The molecule has 0 bridgehead atoms. The van der Waals surface area contributed by atoms with Crippen molar-refractivity contribution < 1.29 is 47.8 Å². The highest BCUT2D eigenvalue weighted by Crippen LogP contribution is 2.43. The van der Waals surface area contributed by atoms with Crippen molar-refractivity contribution in [3.8, 4) is 0 Å². The van der Waals surface area contributed by atoms with Crippen molar-refractivity contribution >= 4 is 19.8 Å². The highest BCUT2D eigenvalue weighted by molar-refractivity contribution is 7.47. The molecule has 0 aromatic rings. The Labute approximate surface area is 361 Å². The van der Waals surface area contributed by atoms with Gasteiger partial charge >= 0.3 is 19.8 Å². The monoisotopic (exact) mass is 857 g/mol. The molecule has 0 aliphatic heterocycles. The molecule has 0 radical (unpaired) electrons. The Morgan fingerprint density at radius 1 is 0.458 bits per heavy atom. The van der Waals surface area contributed by atoms with E-state index in [1.54, 1.807) is 0 Å². The summed E-state index contributed by atoms with van der Waals surface area (Å²) in [5.41, 5.74) is 0. The third kappa shape index (κ3) is 42.7. The Hall–Kier alpha value is -1.81. The van der Waals surface area contributed by atoms with E-state index < -0.39 is 58.4 Å². The fourth-order valence-corrected chi connectivity index (χ4v) is 7.40. The minimum Gasteiger partial charge on any atom is -0.457 e.